The Bertz CT molecular complexity index is 961. The Labute approximate surface area is 178 Å². The second-order valence-electron chi connectivity index (χ2n) is 8.36. The molecule has 2 fully saturated rings. The van der Waals surface area contributed by atoms with Crippen molar-refractivity contribution in [2.45, 2.75) is 61.9 Å². The van der Waals surface area contributed by atoms with Crippen LogP contribution in [0.2, 0.25) is 0 Å². The predicted molar refractivity (Wildman–Crippen MR) is 116 cm³/mol. The predicted octanol–water partition coefficient (Wildman–Crippen LogP) is 2.26. The van der Waals surface area contributed by atoms with Crippen molar-refractivity contribution >= 4 is 15.7 Å². The number of hydrogen-bond acceptors (Lipinski definition) is 7. The van der Waals surface area contributed by atoms with Crippen LogP contribution < -0.4 is 10.0 Å². The first kappa shape index (κ1) is 21.2. The van der Waals surface area contributed by atoms with E-state index in [0.717, 1.165) is 44.5 Å². The highest BCUT2D eigenvalue weighted by atomic mass is 32.2. The zero-order valence-electron chi connectivity index (χ0n) is 17.7. The zero-order chi connectivity index (χ0) is 21.1. The zero-order valence-corrected chi connectivity index (χ0v) is 18.5. The Morgan fingerprint density at radius 2 is 1.80 bits per heavy atom. The smallest absolute Gasteiger partial charge is 0.240 e. The van der Waals surface area contributed by atoms with Crippen LogP contribution in [0.15, 0.2) is 23.1 Å². The highest BCUT2D eigenvalue weighted by molar-refractivity contribution is 7.89. The van der Waals surface area contributed by atoms with Crippen LogP contribution in [0.1, 0.15) is 51.0 Å². The Kier molecular flexibility index (Phi) is 6.35. The molecule has 0 amide bonds. The summed E-state index contributed by atoms with van der Waals surface area (Å²) in [7, 11) is -0.0315. The summed E-state index contributed by atoms with van der Waals surface area (Å²) in [6.45, 7) is 2.01. The third-order valence-corrected chi connectivity index (χ3v) is 7.63. The lowest BCUT2D eigenvalue weighted by atomic mass is 9.95. The minimum absolute atomic E-state index is 0.199. The summed E-state index contributed by atoms with van der Waals surface area (Å²) in [5.41, 5.74) is 1.54. The van der Waals surface area contributed by atoms with Gasteiger partial charge in [-0.3, -0.25) is 0 Å². The van der Waals surface area contributed by atoms with E-state index in [2.05, 4.69) is 37.4 Å². The van der Waals surface area contributed by atoms with E-state index in [1.165, 1.54) is 26.3 Å². The van der Waals surface area contributed by atoms with Gasteiger partial charge < -0.3 is 10.2 Å². The molecular weight excluding hydrogens is 402 g/mol. The maximum atomic E-state index is 12.4. The Morgan fingerprint density at radius 1 is 1.07 bits per heavy atom. The van der Waals surface area contributed by atoms with Crippen LogP contribution in [-0.4, -0.2) is 66.8 Å². The number of hydrogen-bond donors (Lipinski definition) is 2. The molecule has 1 aliphatic heterocycles. The van der Waals surface area contributed by atoms with Crippen LogP contribution in [0.4, 0.5) is 5.69 Å². The molecule has 0 spiro atoms. The second kappa shape index (κ2) is 8.99. The fraction of sp³-hybridized carbons (Fsp3) is 0.650. The quantitative estimate of drug-likeness (QED) is 0.720. The largest absolute Gasteiger partial charge is 0.382 e. The van der Waals surface area contributed by atoms with Gasteiger partial charge in [-0.15, -0.1) is 10.2 Å². The van der Waals surface area contributed by atoms with E-state index in [1.54, 1.807) is 16.9 Å². The van der Waals surface area contributed by atoms with Crippen molar-refractivity contribution in [3.05, 3.63) is 18.2 Å². The van der Waals surface area contributed by atoms with Gasteiger partial charge in [-0.2, -0.15) is 4.80 Å². The normalized spacial score (nSPS) is 19.8. The number of nitrogens with one attached hydrogen (secondary N) is 2. The molecule has 0 bridgehead atoms. The Balaban J connectivity index is 1.66. The molecule has 30 heavy (non-hydrogen) atoms. The number of nitrogens with zero attached hydrogens (tertiary/aromatic N) is 5. The first-order valence-electron chi connectivity index (χ1n) is 10.8. The van der Waals surface area contributed by atoms with Crippen LogP contribution in [0.5, 0.6) is 0 Å². The van der Waals surface area contributed by atoms with Crippen molar-refractivity contribution in [1.82, 2.24) is 29.8 Å². The van der Waals surface area contributed by atoms with E-state index in [-0.39, 0.29) is 10.9 Å². The SMILES string of the molecule is CNS(=O)(=O)c1ccc(NC2CCCCC2)c(-c2nnn(C3CCN(C)CC3)n2)c1. The molecule has 1 saturated carbocycles. The van der Waals surface area contributed by atoms with Crippen LogP contribution >= 0.6 is 0 Å². The average Bonchev–Trinajstić information content (AvgIpc) is 3.25. The standard InChI is InChI=1S/C20H31N7O2S/c1-21-30(28,29)17-8-9-19(22-15-6-4-3-5-7-15)18(14-17)20-23-25-27(24-20)16-10-12-26(2)13-11-16/h8-9,14-16,21-22H,3-7,10-13H2,1-2H3. The Hall–Kier alpha value is -2.04. The van der Waals surface area contributed by atoms with E-state index in [9.17, 15) is 8.42 Å². The third kappa shape index (κ3) is 4.65. The molecule has 1 aromatic carbocycles. The summed E-state index contributed by atoms with van der Waals surface area (Å²) in [4.78, 5) is 4.20. The molecular formula is C20H31N7O2S. The summed E-state index contributed by atoms with van der Waals surface area (Å²) in [6, 6.07) is 5.70. The topological polar surface area (TPSA) is 105 Å². The molecule has 2 aliphatic rings. The molecule has 164 valence electrons. The van der Waals surface area contributed by atoms with E-state index < -0.39 is 10.0 Å². The van der Waals surface area contributed by atoms with Crippen molar-refractivity contribution in [2.75, 3.05) is 32.5 Å². The number of tetrazole rings is 1. The number of piperidine rings is 1. The van der Waals surface area contributed by atoms with Gasteiger partial charge in [0.1, 0.15) is 0 Å². The maximum absolute atomic E-state index is 12.4. The third-order valence-electron chi connectivity index (χ3n) is 6.22. The van der Waals surface area contributed by atoms with E-state index in [1.807, 2.05) is 6.07 Å². The lowest BCUT2D eigenvalue weighted by Crippen LogP contribution is -2.32. The van der Waals surface area contributed by atoms with Gasteiger partial charge in [-0.25, -0.2) is 13.1 Å². The molecule has 1 aliphatic carbocycles. The molecule has 4 rings (SSSR count). The lowest BCUT2D eigenvalue weighted by Gasteiger charge is -2.27. The summed E-state index contributed by atoms with van der Waals surface area (Å²) in [5, 5.41) is 16.9. The highest BCUT2D eigenvalue weighted by Crippen LogP contribution is 2.31. The summed E-state index contributed by atoms with van der Waals surface area (Å²) >= 11 is 0. The van der Waals surface area contributed by atoms with Gasteiger partial charge in [-0.1, -0.05) is 19.3 Å². The molecule has 1 saturated heterocycles. The fourth-order valence-corrected chi connectivity index (χ4v) is 5.06. The van der Waals surface area contributed by atoms with E-state index >= 15 is 0 Å². The molecule has 2 N–H and O–H groups in total. The number of rotatable bonds is 6. The van der Waals surface area contributed by atoms with Crippen LogP contribution in [0.3, 0.4) is 0 Å². The minimum Gasteiger partial charge on any atom is -0.382 e. The second-order valence-corrected chi connectivity index (χ2v) is 10.2. The van der Waals surface area contributed by atoms with Crippen LogP contribution in [0.25, 0.3) is 11.4 Å². The number of likely N-dealkylation sites (tertiary alicyclic amines) is 1. The lowest BCUT2D eigenvalue weighted by molar-refractivity contribution is 0.199. The monoisotopic (exact) mass is 433 g/mol. The van der Waals surface area contributed by atoms with Gasteiger partial charge in [0.2, 0.25) is 15.8 Å². The van der Waals surface area contributed by atoms with Gasteiger partial charge in [0.15, 0.2) is 0 Å². The fourth-order valence-electron chi connectivity index (χ4n) is 4.30. The van der Waals surface area contributed by atoms with Gasteiger partial charge in [-0.05, 0) is 76.3 Å². The summed E-state index contributed by atoms with van der Waals surface area (Å²) in [6.07, 6.45) is 7.89. The number of sulfonamides is 1. The molecule has 10 heteroatoms. The average molecular weight is 434 g/mol. The van der Waals surface area contributed by atoms with Crippen LogP contribution in [0, 0.1) is 0 Å². The van der Waals surface area contributed by atoms with Gasteiger partial charge >= 0.3 is 0 Å². The molecule has 9 nitrogen and oxygen atoms in total. The Morgan fingerprint density at radius 3 is 2.50 bits per heavy atom. The highest BCUT2D eigenvalue weighted by Gasteiger charge is 2.24. The van der Waals surface area contributed by atoms with E-state index in [0.29, 0.717) is 17.4 Å². The number of benzene rings is 1. The van der Waals surface area contributed by atoms with Gasteiger partial charge in [0.25, 0.3) is 0 Å². The number of aromatic nitrogens is 4. The molecule has 0 radical (unpaired) electrons. The van der Waals surface area contributed by atoms with Crippen molar-refractivity contribution in [3.8, 4) is 11.4 Å². The maximum Gasteiger partial charge on any atom is 0.240 e. The molecule has 1 aromatic heterocycles. The van der Waals surface area contributed by atoms with Gasteiger partial charge in [0, 0.05) is 17.3 Å². The van der Waals surface area contributed by atoms with Crippen LogP contribution in [-0.2, 0) is 10.0 Å². The molecule has 0 atom stereocenters. The summed E-state index contributed by atoms with van der Waals surface area (Å²) in [5.74, 6) is 0.459. The first-order chi connectivity index (χ1) is 14.5. The van der Waals surface area contributed by atoms with E-state index in [4.69, 9.17) is 0 Å². The molecule has 2 heterocycles. The van der Waals surface area contributed by atoms with Crippen molar-refractivity contribution in [3.63, 3.8) is 0 Å². The van der Waals surface area contributed by atoms with Crippen molar-refractivity contribution in [1.29, 1.82) is 0 Å². The molecule has 0 unspecified atom stereocenters. The summed E-state index contributed by atoms with van der Waals surface area (Å²) < 4.78 is 27.1. The first-order valence-corrected chi connectivity index (χ1v) is 12.3. The van der Waals surface area contributed by atoms with Crippen molar-refractivity contribution < 1.29 is 8.42 Å². The molecule has 2 aromatic rings. The van der Waals surface area contributed by atoms with Gasteiger partial charge in [0.05, 0.1) is 10.9 Å². The number of anilines is 1. The minimum atomic E-state index is -3.56. The van der Waals surface area contributed by atoms with Crippen molar-refractivity contribution in [2.24, 2.45) is 0 Å².